The highest BCUT2D eigenvalue weighted by molar-refractivity contribution is 6.31. The van der Waals surface area contributed by atoms with Crippen LogP contribution in [-0.2, 0) is 6.42 Å². The lowest BCUT2D eigenvalue weighted by Crippen LogP contribution is -2.06. The van der Waals surface area contributed by atoms with E-state index in [0.29, 0.717) is 6.42 Å². The first-order valence-electron chi connectivity index (χ1n) is 4.03. The Morgan fingerprint density at radius 2 is 2.17 bits per heavy atom. The van der Waals surface area contributed by atoms with Gasteiger partial charge in [-0.15, -0.1) is 0 Å². The van der Waals surface area contributed by atoms with Crippen molar-refractivity contribution < 1.29 is 5.11 Å². The number of hydrogen-bond donors (Lipinski definition) is 1. The Morgan fingerprint density at radius 1 is 1.50 bits per heavy atom. The van der Waals surface area contributed by atoms with Crippen LogP contribution in [-0.4, -0.2) is 11.2 Å². The number of benzene rings is 1. The third-order valence-corrected chi connectivity index (χ3v) is 2.21. The van der Waals surface area contributed by atoms with Gasteiger partial charge in [-0.25, -0.2) is 0 Å². The van der Waals surface area contributed by atoms with Crippen molar-refractivity contribution in [1.29, 1.82) is 0 Å². The fourth-order valence-electron chi connectivity index (χ4n) is 1.22. The molecule has 0 fully saturated rings. The Hall–Kier alpha value is -0.530. The van der Waals surface area contributed by atoms with Gasteiger partial charge in [0.15, 0.2) is 0 Å². The van der Waals surface area contributed by atoms with E-state index in [4.69, 9.17) is 11.6 Å². The fourth-order valence-corrected chi connectivity index (χ4v) is 1.52. The lowest BCUT2D eigenvalue weighted by atomic mass is 10.0. The molecule has 1 N–H and O–H groups in total. The molecular formula is C10H13ClO. The molecule has 12 heavy (non-hydrogen) atoms. The van der Waals surface area contributed by atoms with Crippen molar-refractivity contribution >= 4 is 11.6 Å². The number of hydrogen-bond acceptors (Lipinski definition) is 1. The summed E-state index contributed by atoms with van der Waals surface area (Å²) >= 11 is 5.96. The quantitative estimate of drug-likeness (QED) is 0.749. The Morgan fingerprint density at radius 3 is 2.67 bits per heavy atom. The van der Waals surface area contributed by atoms with Crippen molar-refractivity contribution in [2.45, 2.75) is 26.4 Å². The normalized spacial score (nSPS) is 13.0. The van der Waals surface area contributed by atoms with Gasteiger partial charge in [0.05, 0.1) is 6.10 Å². The molecule has 0 unspecified atom stereocenters. The predicted molar refractivity (Wildman–Crippen MR) is 51.6 cm³/mol. The van der Waals surface area contributed by atoms with Crippen LogP contribution in [0.1, 0.15) is 18.1 Å². The average molecular weight is 185 g/mol. The Balaban J connectivity index is 2.96. The molecule has 0 bridgehead atoms. The van der Waals surface area contributed by atoms with Gasteiger partial charge in [-0.2, -0.15) is 0 Å². The Kier molecular flexibility index (Phi) is 3.12. The maximum Gasteiger partial charge on any atom is 0.0553 e. The number of aryl methyl sites for hydroxylation is 1. The highest BCUT2D eigenvalue weighted by atomic mass is 35.5. The summed E-state index contributed by atoms with van der Waals surface area (Å²) in [7, 11) is 0. The van der Waals surface area contributed by atoms with E-state index in [2.05, 4.69) is 0 Å². The zero-order valence-electron chi connectivity index (χ0n) is 7.34. The number of rotatable bonds is 2. The summed E-state index contributed by atoms with van der Waals surface area (Å²) in [6.45, 7) is 3.77. The molecule has 1 nitrogen and oxygen atoms in total. The van der Waals surface area contributed by atoms with Crippen LogP contribution in [0.4, 0.5) is 0 Å². The van der Waals surface area contributed by atoms with E-state index in [-0.39, 0.29) is 6.10 Å². The minimum atomic E-state index is -0.330. The third kappa shape index (κ3) is 2.23. The van der Waals surface area contributed by atoms with E-state index in [1.807, 2.05) is 25.1 Å². The molecule has 0 aliphatic carbocycles. The predicted octanol–water partition coefficient (Wildman–Crippen LogP) is 2.57. The van der Waals surface area contributed by atoms with Crippen LogP contribution in [0.2, 0.25) is 5.02 Å². The largest absolute Gasteiger partial charge is 0.393 e. The van der Waals surface area contributed by atoms with E-state index in [0.717, 1.165) is 16.1 Å². The lowest BCUT2D eigenvalue weighted by molar-refractivity contribution is 0.195. The highest BCUT2D eigenvalue weighted by Gasteiger charge is 2.05. The van der Waals surface area contributed by atoms with Crippen LogP contribution in [0, 0.1) is 6.92 Å². The van der Waals surface area contributed by atoms with Crippen molar-refractivity contribution in [2.75, 3.05) is 0 Å². The smallest absolute Gasteiger partial charge is 0.0553 e. The summed E-state index contributed by atoms with van der Waals surface area (Å²) in [6.07, 6.45) is 0.300. The summed E-state index contributed by atoms with van der Waals surface area (Å²) in [5, 5.41) is 9.94. The maximum atomic E-state index is 9.20. The number of halogens is 1. The first kappa shape index (κ1) is 9.56. The van der Waals surface area contributed by atoms with Gasteiger partial charge in [-0.1, -0.05) is 23.7 Å². The Labute approximate surface area is 78.0 Å². The summed E-state index contributed by atoms with van der Waals surface area (Å²) in [6, 6.07) is 5.78. The minimum Gasteiger partial charge on any atom is -0.393 e. The van der Waals surface area contributed by atoms with Crippen LogP contribution in [0.3, 0.4) is 0 Å². The molecule has 0 aliphatic heterocycles. The van der Waals surface area contributed by atoms with E-state index >= 15 is 0 Å². The van der Waals surface area contributed by atoms with Crippen LogP contribution in [0.15, 0.2) is 18.2 Å². The zero-order chi connectivity index (χ0) is 9.14. The average Bonchev–Trinajstić information content (AvgIpc) is 1.97. The molecule has 66 valence electrons. The molecule has 0 spiro atoms. The minimum absolute atomic E-state index is 0.330. The second kappa shape index (κ2) is 3.92. The first-order chi connectivity index (χ1) is 5.61. The van der Waals surface area contributed by atoms with Crippen molar-refractivity contribution in [2.24, 2.45) is 0 Å². The molecule has 1 aromatic rings. The van der Waals surface area contributed by atoms with Crippen LogP contribution in [0.25, 0.3) is 0 Å². The third-order valence-electron chi connectivity index (χ3n) is 1.85. The molecule has 0 saturated carbocycles. The molecule has 0 saturated heterocycles. The molecule has 0 aromatic heterocycles. The molecule has 2 heteroatoms. The Bertz CT molecular complexity index is 248. The maximum absolute atomic E-state index is 9.20. The van der Waals surface area contributed by atoms with Gasteiger partial charge in [-0.05, 0) is 37.5 Å². The monoisotopic (exact) mass is 184 g/mol. The molecule has 0 amide bonds. The van der Waals surface area contributed by atoms with Crippen molar-refractivity contribution in [1.82, 2.24) is 0 Å². The fraction of sp³-hybridized carbons (Fsp3) is 0.400. The summed E-state index contributed by atoms with van der Waals surface area (Å²) < 4.78 is 0. The first-order valence-corrected chi connectivity index (χ1v) is 4.41. The van der Waals surface area contributed by atoms with Crippen molar-refractivity contribution in [3.63, 3.8) is 0 Å². The van der Waals surface area contributed by atoms with Crippen molar-refractivity contribution in [3.8, 4) is 0 Å². The van der Waals surface area contributed by atoms with E-state index in [1.54, 1.807) is 6.92 Å². The summed E-state index contributed by atoms with van der Waals surface area (Å²) in [4.78, 5) is 0. The van der Waals surface area contributed by atoms with Gasteiger partial charge in [-0.3, -0.25) is 0 Å². The SMILES string of the molecule is Cc1cccc(Cl)c1C[C@@H](C)O. The van der Waals surface area contributed by atoms with E-state index in [1.165, 1.54) is 0 Å². The second-order valence-corrected chi connectivity index (χ2v) is 3.50. The molecular weight excluding hydrogens is 172 g/mol. The van der Waals surface area contributed by atoms with Gasteiger partial charge in [0, 0.05) is 5.02 Å². The molecule has 1 aromatic carbocycles. The topological polar surface area (TPSA) is 20.2 Å². The van der Waals surface area contributed by atoms with E-state index < -0.39 is 0 Å². The van der Waals surface area contributed by atoms with Gasteiger partial charge in [0.1, 0.15) is 0 Å². The molecule has 0 aliphatic rings. The number of aliphatic hydroxyl groups is 1. The van der Waals surface area contributed by atoms with Gasteiger partial charge < -0.3 is 5.11 Å². The standard InChI is InChI=1S/C10H13ClO/c1-7-4-3-5-10(11)9(7)6-8(2)12/h3-5,8,12H,6H2,1-2H3/t8-/m1/s1. The van der Waals surface area contributed by atoms with Crippen LogP contribution in [0.5, 0.6) is 0 Å². The van der Waals surface area contributed by atoms with Gasteiger partial charge in [0.2, 0.25) is 0 Å². The summed E-state index contributed by atoms with van der Waals surface area (Å²) in [5.41, 5.74) is 2.19. The van der Waals surface area contributed by atoms with Gasteiger partial charge in [0.25, 0.3) is 0 Å². The van der Waals surface area contributed by atoms with Crippen molar-refractivity contribution in [3.05, 3.63) is 34.3 Å². The van der Waals surface area contributed by atoms with Crippen LogP contribution < -0.4 is 0 Å². The van der Waals surface area contributed by atoms with Crippen LogP contribution >= 0.6 is 11.6 Å². The highest BCUT2D eigenvalue weighted by Crippen LogP contribution is 2.20. The van der Waals surface area contributed by atoms with Gasteiger partial charge >= 0.3 is 0 Å². The summed E-state index contributed by atoms with van der Waals surface area (Å²) in [5.74, 6) is 0. The molecule has 0 radical (unpaired) electrons. The van der Waals surface area contributed by atoms with E-state index in [9.17, 15) is 5.11 Å². The zero-order valence-corrected chi connectivity index (χ0v) is 8.10. The molecule has 0 heterocycles. The number of aliphatic hydroxyl groups excluding tert-OH is 1. The molecule has 1 atom stereocenters. The molecule has 1 rings (SSSR count). The lowest BCUT2D eigenvalue weighted by Gasteiger charge is -2.09. The second-order valence-electron chi connectivity index (χ2n) is 3.09.